The fourth-order valence-electron chi connectivity index (χ4n) is 2.08. The first-order valence-electron chi connectivity index (χ1n) is 5.86. The average molecular weight is 229 g/mol. The normalized spacial score (nSPS) is 30.6. The highest BCUT2D eigenvalue weighted by Gasteiger charge is 2.43. The van der Waals surface area contributed by atoms with Crippen molar-refractivity contribution >= 4 is 6.09 Å². The lowest BCUT2D eigenvalue weighted by Gasteiger charge is -2.25. The highest BCUT2D eigenvalue weighted by Crippen LogP contribution is 2.30. The largest absolute Gasteiger partial charge is 0.444 e. The number of hydrogen-bond donors (Lipinski definition) is 1. The fraction of sp³-hybridized carbons (Fsp3) is 0.917. The Morgan fingerprint density at radius 2 is 2.12 bits per heavy atom. The minimum absolute atomic E-state index is 0.139. The summed E-state index contributed by atoms with van der Waals surface area (Å²) in [6, 6.07) is 0. The third-order valence-corrected chi connectivity index (χ3v) is 2.98. The summed E-state index contributed by atoms with van der Waals surface area (Å²) >= 11 is 0. The smallest absolute Gasteiger partial charge is 0.410 e. The molecule has 0 saturated carbocycles. The van der Waals surface area contributed by atoms with Gasteiger partial charge in [-0.25, -0.2) is 4.79 Å². The summed E-state index contributed by atoms with van der Waals surface area (Å²) in [5, 5.41) is 10.1. The molecule has 1 rings (SSSR count). The molecule has 1 heterocycles. The minimum atomic E-state index is -0.786. The second-order valence-corrected chi connectivity index (χ2v) is 5.82. The first-order chi connectivity index (χ1) is 7.15. The van der Waals surface area contributed by atoms with E-state index >= 15 is 0 Å². The van der Waals surface area contributed by atoms with Crippen LogP contribution in [0.3, 0.4) is 0 Å². The lowest BCUT2D eigenvalue weighted by molar-refractivity contribution is 0.0131. The Morgan fingerprint density at radius 1 is 1.56 bits per heavy atom. The summed E-state index contributed by atoms with van der Waals surface area (Å²) < 4.78 is 5.28. The maximum absolute atomic E-state index is 11.8. The van der Waals surface area contributed by atoms with E-state index in [4.69, 9.17) is 4.74 Å². The van der Waals surface area contributed by atoms with Gasteiger partial charge in [-0.15, -0.1) is 0 Å². The number of carbonyl (C=O) groups is 1. The van der Waals surface area contributed by atoms with Crippen LogP contribution >= 0.6 is 0 Å². The molecule has 1 aliphatic rings. The number of carbonyl (C=O) groups excluding carboxylic acids is 1. The summed E-state index contributed by atoms with van der Waals surface area (Å²) in [4.78, 5) is 13.4. The number of hydrogen-bond acceptors (Lipinski definition) is 3. The second-order valence-electron chi connectivity index (χ2n) is 5.82. The first-order valence-corrected chi connectivity index (χ1v) is 5.86. The number of β-amino-alcohol motifs (C(OH)–C–C–N with tert-alkyl or cyclic N) is 1. The highest BCUT2D eigenvalue weighted by atomic mass is 16.6. The number of likely N-dealkylation sites (tertiary alicyclic amines) is 1. The van der Waals surface area contributed by atoms with Crippen LogP contribution in [0.1, 0.15) is 41.0 Å². The Morgan fingerprint density at radius 3 is 2.50 bits per heavy atom. The van der Waals surface area contributed by atoms with Gasteiger partial charge in [0.1, 0.15) is 5.60 Å². The van der Waals surface area contributed by atoms with Crippen LogP contribution in [0, 0.1) is 5.92 Å². The zero-order valence-corrected chi connectivity index (χ0v) is 10.9. The van der Waals surface area contributed by atoms with Crippen LogP contribution in [0.2, 0.25) is 0 Å². The van der Waals surface area contributed by atoms with E-state index in [0.717, 1.165) is 6.42 Å². The van der Waals surface area contributed by atoms with Gasteiger partial charge in [0.15, 0.2) is 0 Å². The first kappa shape index (κ1) is 13.3. The van der Waals surface area contributed by atoms with Crippen molar-refractivity contribution < 1.29 is 14.6 Å². The molecule has 94 valence electrons. The molecular weight excluding hydrogens is 206 g/mol. The zero-order chi connectivity index (χ0) is 12.6. The van der Waals surface area contributed by atoms with Crippen LogP contribution in [-0.4, -0.2) is 40.4 Å². The molecular formula is C12H23NO3. The van der Waals surface area contributed by atoms with Gasteiger partial charge in [-0.3, -0.25) is 0 Å². The van der Waals surface area contributed by atoms with E-state index in [1.807, 2.05) is 27.7 Å². The predicted octanol–water partition coefficient (Wildman–Crippen LogP) is 2.01. The standard InChI is InChI=1S/C12H23NO3/c1-6-9-7-13(8-12(9,5)15)10(14)16-11(2,3)4/h9,15H,6-8H2,1-5H3. The van der Waals surface area contributed by atoms with Gasteiger partial charge in [-0.1, -0.05) is 6.92 Å². The van der Waals surface area contributed by atoms with Crippen LogP contribution in [-0.2, 0) is 4.74 Å². The highest BCUT2D eigenvalue weighted by molar-refractivity contribution is 5.68. The van der Waals surface area contributed by atoms with Crippen molar-refractivity contribution in [2.45, 2.75) is 52.2 Å². The molecule has 0 bridgehead atoms. The molecule has 1 amide bonds. The van der Waals surface area contributed by atoms with Crippen molar-refractivity contribution in [1.29, 1.82) is 0 Å². The fourth-order valence-corrected chi connectivity index (χ4v) is 2.08. The summed E-state index contributed by atoms with van der Waals surface area (Å²) in [7, 11) is 0. The monoisotopic (exact) mass is 229 g/mol. The van der Waals surface area contributed by atoms with Gasteiger partial charge in [-0.05, 0) is 34.1 Å². The molecule has 0 aromatic rings. The summed E-state index contributed by atoms with van der Waals surface area (Å²) in [6.45, 7) is 10.3. The SMILES string of the molecule is CCC1CN(C(=O)OC(C)(C)C)CC1(C)O. The summed E-state index contributed by atoms with van der Waals surface area (Å²) in [6.07, 6.45) is 0.537. The Balaban J connectivity index is 2.62. The molecule has 4 nitrogen and oxygen atoms in total. The van der Waals surface area contributed by atoms with E-state index in [9.17, 15) is 9.90 Å². The Bertz CT molecular complexity index is 268. The van der Waals surface area contributed by atoms with Crippen LogP contribution < -0.4 is 0 Å². The van der Waals surface area contributed by atoms with Crippen molar-refractivity contribution in [2.75, 3.05) is 13.1 Å². The summed E-state index contributed by atoms with van der Waals surface area (Å²) in [5.74, 6) is 0.139. The molecule has 0 aromatic heterocycles. The average Bonchev–Trinajstić information content (AvgIpc) is 2.37. The van der Waals surface area contributed by atoms with Crippen molar-refractivity contribution in [3.05, 3.63) is 0 Å². The van der Waals surface area contributed by atoms with Crippen LogP contribution in [0.15, 0.2) is 0 Å². The van der Waals surface area contributed by atoms with Gasteiger partial charge in [0, 0.05) is 12.5 Å². The number of ether oxygens (including phenoxy) is 1. The zero-order valence-electron chi connectivity index (χ0n) is 10.9. The molecule has 1 aliphatic heterocycles. The van der Waals surface area contributed by atoms with Crippen molar-refractivity contribution in [3.8, 4) is 0 Å². The van der Waals surface area contributed by atoms with Crippen LogP contribution in [0.4, 0.5) is 4.79 Å². The predicted molar refractivity (Wildman–Crippen MR) is 62.2 cm³/mol. The molecule has 0 aromatic carbocycles. The van der Waals surface area contributed by atoms with Gasteiger partial charge in [0.25, 0.3) is 0 Å². The Labute approximate surface area is 97.6 Å². The topological polar surface area (TPSA) is 49.8 Å². The van der Waals surface area contributed by atoms with E-state index in [-0.39, 0.29) is 12.0 Å². The van der Waals surface area contributed by atoms with Gasteiger partial charge in [0.2, 0.25) is 0 Å². The van der Waals surface area contributed by atoms with E-state index in [1.165, 1.54) is 0 Å². The van der Waals surface area contributed by atoms with Crippen LogP contribution in [0.5, 0.6) is 0 Å². The molecule has 1 fully saturated rings. The molecule has 0 radical (unpaired) electrons. The molecule has 2 atom stereocenters. The number of amides is 1. The lowest BCUT2D eigenvalue weighted by atomic mass is 9.91. The quantitative estimate of drug-likeness (QED) is 0.748. The Kier molecular flexibility index (Phi) is 3.53. The molecule has 4 heteroatoms. The van der Waals surface area contributed by atoms with Gasteiger partial charge in [-0.2, -0.15) is 0 Å². The van der Waals surface area contributed by atoms with Crippen molar-refractivity contribution in [1.82, 2.24) is 4.90 Å². The van der Waals surface area contributed by atoms with E-state index in [2.05, 4.69) is 0 Å². The molecule has 16 heavy (non-hydrogen) atoms. The number of nitrogens with zero attached hydrogens (tertiary/aromatic N) is 1. The third kappa shape index (κ3) is 3.11. The number of aliphatic hydroxyl groups is 1. The van der Waals surface area contributed by atoms with E-state index < -0.39 is 11.2 Å². The van der Waals surface area contributed by atoms with Gasteiger partial charge in [0.05, 0.1) is 12.1 Å². The molecule has 0 aliphatic carbocycles. The van der Waals surface area contributed by atoms with Gasteiger partial charge < -0.3 is 14.7 Å². The third-order valence-electron chi connectivity index (χ3n) is 2.98. The molecule has 0 spiro atoms. The minimum Gasteiger partial charge on any atom is -0.444 e. The Hall–Kier alpha value is -0.770. The summed E-state index contributed by atoms with van der Waals surface area (Å²) in [5.41, 5.74) is -1.26. The van der Waals surface area contributed by atoms with Gasteiger partial charge >= 0.3 is 6.09 Å². The molecule has 1 saturated heterocycles. The maximum atomic E-state index is 11.8. The molecule has 2 unspecified atom stereocenters. The van der Waals surface area contributed by atoms with E-state index in [0.29, 0.717) is 13.1 Å². The van der Waals surface area contributed by atoms with Crippen molar-refractivity contribution in [3.63, 3.8) is 0 Å². The molecule has 1 N–H and O–H groups in total. The van der Waals surface area contributed by atoms with Crippen LogP contribution in [0.25, 0.3) is 0 Å². The van der Waals surface area contributed by atoms with E-state index in [1.54, 1.807) is 11.8 Å². The maximum Gasteiger partial charge on any atom is 0.410 e. The number of rotatable bonds is 1. The lowest BCUT2D eigenvalue weighted by Crippen LogP contribution is -2.38. The van der Waals surface area contributed by atoms with Crippen molar-refractivity contribution in [2.24, 2.45) is 5.92 Å². The second kappa shape index (κ2) is 4.24.